The Balaban J connectivity index is 1.63. The number of methoxy groups -OCH3 is 1. The van der Waals surface area contributed by atoms with E-state index in [0.717, 1.165) is 25.6 Å². The van der Waals surface area contributed by atoms with Crippen LogP contribution >= 0.6 is 11.3 Å². The Labute approximate surface area is 166 Å². The van der Waals surface area contributed by atoms with E-state index in [1.807, 2.05) is 18.4 Å². The molecule has 0 bridgehead atoms. The first-order chi connectivity index (χ1) is 13.0. The maximum atomic E-state index is 12.0. The van der Waals surface area contributed by atoms with Crippen molar-refractivity contribution in [3.8, 4) is 0 Å². The molecule has 2 aliphatic heterocycles. The molecule has 4 unspecified atom stereocenters. The topological polar surface area (TPSA) is 57.2 Å². The summed E-state index contributed by atoms with van der Waals surface area (Å²) in [5, 5.41) is 5.76. The smallest absolute Gasteiger partial charge is 0.310 e. The molecule has 7 heteroatoms. The molecular formula is C20H32N4O2S. The molecule has 1 N–H and O–H groups in total. The summed E-state index contributed by atoms with van der Waals surface area (Å²) in [6.45, 7) is 5.66. The number of carbonyl (C=O) groups is 1. The summed E-state index contributed by atoms with van der Waals surface area (Å²) >= 11 is 1.85. The molecule has 6 nitrogen and oxygen atoms in total. The van der Waals surface area contributed by atoms with E-state index in [4.69, 9.17) is 4.74 Å². The lowest BCUT2D eigenvalue weighted by atomic mass is 9.88. The number of guanidine groups is 1. The molecule has 0 amide bonds. The number of rotatable bonds is 4. The monoisotopic (exact) mass is 392 g/mol. The maximum Gasteiger partial charge on any atom is 0.310 e. The highest BCUT2D eigenvalue weighted by molar-refractivity contribution is 7.10. The standard InChI is InChI=1S/C20H32N4O2S/c1-14-12-24(13-16(14)19(25)26-4)20(21-2)22-11-15-7-5-9-23(3)18(15)17-8-6-10-27-17/h6,8,10,14-16,18H,5,7,9,11-13H2,1-4H3,(H,21,22). The van der Waals surface area contributed by atoms with Crippen LogP contribution in [0.5, 0.6) is 0 Å². The molecule has 27 heavy (non-hydrogen) atoms. The van der Waals surface area contributed by atoms with E-state index in [0.29, 0.717) is 18.5 Å². The summed E-state index contributed by atoms with van der Waals surface area (Å²) in [6.07, 6.45) is 2.45. The third kappa shape index (κ3) is 4.46. The number of thiophene rings is 1. The van der Waals surface area contributed by atoms with Crippen molar-refractivity contribution in [2.75, 3.05) is 47.4 Å². The first kappa shape index (κ1) is 20.1. The Bertz CT molecular complexity index is 648. The van der Waals surface area contributed by atoms with Crippen LogP contribution in [0.2, 0.25) is 0 Å². The van der Waals surface area contributed by atoms with Crippen molar-refractivity contribution < 1.29 is 9.53 Å². The number of ether oxygens (including phenoxy) is 1. The van der Waals surface area contributed by atoms with Gasteiger partial charge < -0.3 is 15.0 Å². The van der Waals surface area contributed by atoms with E-state index in [2.05, 4.69) is 51.6 Å². The van der Waals surface area contributed by atoms with E-state index in [-0.39, 0.29) is 17.8 Å². The Morgan fingerprint density at radius 2 is 2.26 bits per heavy atom. The second-order valence-corrected chi connectivity index (χ2v) is 8.76. The second kappa shape index (κ2) is 9.06. The lowest BCUT2D eigenvalue weighted by Gasteiger charge is -2.39. The summed E-state index contributed by atoms with van der Waals surface area (Å²) < 4.78 is 4.96. The first-order valence-corrected chi connectivity index (χ1v) is 10.7. The fourth-order valence-electron chi connectivity index (χ4n) is 4.54. The summed E-state index contributed by atoms with van der Waals surface area (Å²) in [5.41, 5.74) is 0. The van der Waals surface area contributed by atoms with Gasteiger partial charge in [0.1, 0.15) is 0 Å². The average molecular weight is 393 g/mol. The van der Waals surface area contributed by atoms with Gasteiger partial charge in [0.15, 0.2) is 5.96 Å². The molecule has 3 heterocycles. The number of hydrogen-bond acceptors (Lipinski definition) is 5. The lowest BCUT2D eigenvalue weighted by Crippen LogP contribution is -2.46. The molecule has 0 saturated carbocycles. The highest BCUT2D eigenvalue weighted by Gasteiger charge is 2.37. The number of hydrogen-bond donors (Lipinski definition) is 1. The molecule has 3 rings (SSSR count). The van der Waals surface area contributed by atoms with Gasteiger partial charge >= 0.3 is 5.97 Å². The van der Waals surface area contributed by atoms with Crippen molar-refractivity contribution in [2.45, 2.75) is 25.8 Å². The van der Waals surface area contributed by atoms with Gasteiger partial charge in [0, 0.05) is 37.6 Å². The Morgan fingerprint density at radius 3 is 2.93 bits per heavy atom. The van der Waals surface area contributed by atoms with Crippen LogP contribution in [-0.4, -0.2) is 69.1 Å². The largest absolute Gasteiger partial charge is 0.469 e. The third-order valence-corrected chi connectivity index (χ3v) is 6.93. The summed E-state index contributed by atoms with van der Waals surface area (Å²) in [4.78, 5) is 22.6. The molecule has 1 aromatic rings. The van der Waals surface area contributed by atoms with Gasteiger partial charge in [-0.15, -0.1) is 11.3 Å². The van der Waals surface area contributed by atoms with Gasteiger partial charge in [0.2, 0.25) is 0 Å². The van der Waals surface area contributed by atoms with E-state index in [1.165, 1.54) is 24.8 Å². The molecule has 2 fully saturated rings. The Kier molecular flexibility index (Phi) is 6.76. The molecule has 0 spiro atoms. The lowest BCUT2D eigenvalue weighted by molar-refractivity contribution is -0.145. The molecule has 1 aromatic heterocycles. The first-order valence-electron chi connectivity index (χ1n) is 9.82. The van der Waals surface area contributed by atoms with Crippen LogP contribution in [0.4, 0.5) is 0 Å². The predicted octanol–water partition coefficient (Wildman–Crippen LogP) is 2.45. The van der Waals surface area contributed by atoms with E-state index in [1.54, 1.807) is 0 Å². The van der Waals surface area contributed by atoms with Crippen molar-refractivity contribution in [1.82, 2.24) is 15.1 Å². The van der Waals surface area contributed by atoms with Gasteiger partial charge in [-0.2, -0.15) is 0 Å². The van der Waals surface area contributed by atoms with Crippen LogP contribution in [0.1, 0.15) is 30.7 Å². The number of esters is 1. The Hall–Kier alpha value is -1.60. The van der Waals surface area contributed by atoms with E-state index in [9.17, 15) is 4.79 Å². The molecule has 2 aliphatic rings. The van der Waals surface area contributed by atoms with Crippen LogP contribution in [0.25, 0.3) is 0 Å². The normalized spacial score (nSPS) is 29.8. The zero-order chi connectivity index (χ0) is 19.4. The van der Waals surface area contributed by atoms with Gasteiger partial charge in [-0.25, -0.2) is 0 Å². The second-order valence-electron chi connectivity index (χ2n) is 7.78. The van der Waals surface area contributed by atoms with Crippen LogP contribution in [0.3, 0.4) is 0 Å². The molecule has 2 saturated heterocycles. The van der Waals surface area contributed by atoms with Gasteiger partial charge in [0.25, 0.3) is 0 Å². The van der Waals surface area contributed by atoms with Crippen LogP contribution in [-0.2, 0) is 9.53 Å². The average Bonchev–Trinajstić information content (AvgIpc) is 3.32. The quantitative estimate of drug-likeness (QED) is 0.485. The van der Waals surface area contributed by atoms with Gasteiger partial charge in [0.05, 0.1) is 13.0 Å². The van der Waals surface area contributed by atoms with Crippen molar-refractivity contribution in [3.05, 3.63) is 22.4 Å². The zero-order valence-electron chi connectivity index (χ0n) is 16.9. The molecular weight excluding hydrogens is 360 g/mol. The summed E-state index contributed by atoms with van der Waals surface area (Å²) in [5.74, 6) is 1.53. The zero-order valence-corrected chi connectivity index (χ0v) is 17.7. The van der Waals surface area contributed by atoms with Crippen molar-refractivity contribution in [3.63, 3.8) is 0 Å². The van der Waals surface area contributed by atoms with Crippen LogP contribution in [0, 0.1) is 17.8 Å². The number of carbonyl (C=O) groups excluding carboxylic acids is 1. The molecule has 150 valence electrons. The summed E-state index contributed by atoms with van der Waals surface area (Å²) in [6, 6.07) is 4.86. The van der Waals surface area contributed by atoms with Crippen molar-refractivity contribution >= 4 is 23.3 Å². The number of nitrogens with zero attached hydrogens (tertiary/aromatic N) is 3. The highest BCUT2D eigenvalue weighted by Crippen LogP contribution is 2.36. The third-order valence-electron chi connectivity index (χ3n) is 5.99. The number of aliphatic imine (C=N–C) groups is 1. The van der Waals surface area contributed by atoms with Crippen molar-refractivity contribution in [2.24, 2.45) is 22.7 Å². The van der Waals surface area contributed by atoms with Crippen LogP contribution < -0.4 is 5.32 Å². The number of likely N-dealkylation sites (tertiary alicyclic amines) is 2. The minimum atomic E-state index is -0.118. The van der Waals surface area contributed by atoms with E-state index >= 15 is 0 Å². The maximum absolute atomic E-state index is 12.0. The van der Waals surface area contributed by atoms with Gasteiger partial charge in [-0.1, -0.05) is 13.0 Å². The fraction of sp³-hybridized carbons (Fsp3) is 0.700. The predicted molar refractivity (Wildman–Crippen MR) is 110 cm³/mol. The number of piperidine rings is 1. The van der Waals surface area contributed by atoms with Gasteiger partial charge in [-0.3, -0.25) is 14.7 Å². The number of nitrogens with one attached hydrogen (secondary N) is 1. The molecule has 0 aromatic carbocycles. The van der Waals surface area contributed by atoms with Gasteiger partial charge in [-0.05, 0) is 49.7 Å². The fourth-order valence-corrected chi connectivity index (χ4v) is 5.52. The summed E-state index contributed by atoms with van der Waals surface area (Å²) in [7, 11) is 5.52. The molecule has 0 radical (unpaired) electrons. The minimum Gasteiger partial charge on any atom is -0.469 e. The highest BCUT2D eigenvalue weighted by atomic mass is 32.1. The minimum absolute atomic E-state index is 0.0757. The molecule has 4 atom stereocenters. The Morgan fingerprint density at radius 1 is 1.44 bits per heavy atom. The van der Waals surface area contributed by atoms with Crippen LogP contribution in [0.15, 0.2) is 22.5 Å². The van der Waals surface area contributed by atoms with Crippen molar-refractivity contribution in [1.29, 1.82) is 0 Å². The SMILES string of the molecule is CN=C(NCC1CCCN(C)C1c1cccs1)N1CC(C)C(C(=O)OC)C1. The van der Waals surface area contributed by atoms with E-state index < -0.39 is 0 Å². The molecule has 0 aliphatic carbocycles.